The Morgan fingerprint density at radius 3 is 2.85 bits per heavy atom. The van der Waals surface area contributed by atoms with Crippen LogP contribution < -0.4 is 0 Å². The van der Waals surface area contributed by atoms with Crippen LogP contribution in [0.2, 0.25) is 0 Å². The van der Waals surface area contributed by atoms with Gasteiger partial charge < -0.3 is 9.47 Å². The van der Waals surface area contributed by atoms with Crippen LogP contribution in [0.1, 0.15) is 50.8 Å². The summed E-state index contributed by atoms with van der Waals surface area (Å²) in [6, 6.07) is 8.24. The Kier molecular flexibility index (Phi) is 4.95. The highest BCUT2D eigenvalue weighted by molar-refractivity contribution is 5.87. The van der Waals surface area contributed by atoms with Crippen molar-refractivity contribution in [3.8, 4) is 0 Å². The van der Waals surface area contributed by atoms with Gasteiger partial charge in [0.15, 0.2) is 5.78 Å². The van der Waals surface area contributed by atoms with Gasteiger partial charge in [0.25, 0.3) is 0 Å². The third-order valence-corrected chi connectivity index (χ3v) is 4.19. The molecule has 0 fully saturated rings. The summed E-state index contributed by atoms with van der Waals surface area (Å²) in [5, 5.41) is 0. The van der Waals surface area contributed by atoms with Crippen LogP contribution in [0.4, 0.5) is 0 Å². The highest BCUT2D eigenvalue weighted by Gasteiger charge is 2.34. The van der Waals surface area contributed by atoms with E-state index in [1.54, 1.807) is 0 Å². The SMILES string of the molecule is CCOC(C)(CC)C(=O)CC1OCCc2ccccc21. The van der Waals surface area contributed by atoms with E-state index in [9.17, 15) is 4.79 Å². The molecule has 0 amide bonds. The summed E-state index contributed by atoms with van der Waals surface area (Å²) in [4.78, 5) is 12.6. The zero-order valence-corrected chi connectivity index (χ0v) is 12.6. The summed E-state index contributed by atoms with van der Waals surface area (Å²) in [7, 11) is 0. The first-order valence-electron chi connectivity index (χ1n) is 7.47. The molecule has 0 N–H and O–H groups in total. The molecule has 2 rings (SSSR count). The van der Waals surface area contributed by atoms with Crippen LogP contribution in [-0.4, -0.2) is 24.6 Å². The van der Waals surface area contributed by atoms with Crippen molar-refractivity contribution in [3.63, 3.8) is 0 Å². The molecule has 20 heavy (non-hydrogen) atoms. The van der Waals surface area contributed by atoms with Crippen molar-refractivity contribution in [3.05, 3.63) is 35.4 Å². The number of rotatable bonds is 6. The number of benzene rings is 1. The van der Waals surface area contributed by atoms with Gasteiger partial charge in [-0.1, -0.05) is 31.2 Å². The monoisotopic (exact) mass is 276 g/mol. The first-order valence-corrected chi connectivity index (χ1v) is 7.47. The zero-order chi connectivity index (χ0) is 14.6. The summed E-state index contributed by atoms with van der Waals surface area (Å²) >= 11 is 0. The van der Waals surface area contributed by atoms with Gasteiger partial charge in [-0.15, -0.1) is 0 Å². The predicted molar refractivity (Wildman–Crippen MR) is 78.8 cm³/mol. The van der Waals surface area contributed by atoms with Crippen molar-refractivity contribution in [2.24, 2.45) is 0 Å². The molecule has 0 saturated carbocycles. The van der Waals surface area contributed by atoms with Crippen LogP contribution >= 0.6 is 0 Å². The third-order valence-electron chi connectivity index (χ3n) is 4.19. The summed E-state index contributed by atoms with van der Waals surface area (Å²) in [5.41, 5.74) is 1.76. The summed E-state index contributed by atoms with van der Waals surface area (Å²) in [6.45, 7) is 7.04. The van der Waals surface area contributed by atoms with Crippen molar-refractivity contribution < 1.29 is 14.3 Å². The lowest BCUT2D eigenvalue weighted by Gasteiger charge is -2.31. The van der Waals surface area contributed by atoms with Crippen LogP contribution in [0.25, 0.3) is 0 Å². The first kappa shape index (κ1) is 15.2. The Morgan fingerprint density at radius 2 is 2.15 bits per heavy atom. The average molecular weight is 276 g/mol. The Bertz CT molecular complexity index is 469. The number of ether oxygens (including phenoxy) is 2. The third kappa shape index (κ3) is 3.10. The van der Waals surface area contributed by atoms with Crippen molar-refractivity contribution in [2.45, 2.75) is 51.7 Å². The van der Waals surface area contributed by atoms with E-state index >= 15 is 0 Å². The van der Waals surface area contributed by atoms with Gasteiger partial charge in [-0.25, -0.2) is 0 Å². The second kappa shape index (κ2) is 6.51. The van der Waals surface area contributed by atoms with Crippen molar-refractivity contribution in [1.29, 1.82) is 0 Å². The summed E-state index contributed by atoms with van der Waals surface area (Å²) in [6.07, 6.45) is 1.88. The van der Waals surface area contributed by atoms with Gasteiger partial charge in [-0.3, -0.25) is 4.79 Å². The molecule has 0 bridgehead atoms. The van der Waals surface area contributed by atoms with E-state index < -0.39 is 5.60 Å². The topological polar surface area (TPSA) is 35.5 Å². The van der Waals surface area contributed by atoms with Crippen LogP contribution in [0.5, 0.6) is 0 Å². The number of ketones is 1. The molecule has 0 aromatic heterocycles. The highest BCUT2D eigenvalue weighted by atomic mass is 16.5. The van der Waals surface area contributed by atoms with Gasteiger partial charge in [0.2, 0.25) is 0 Å². The van der Waals surface area contributed by atoms with Gasteiger partial charge in [0.05, 0.1) is 12.7 Å². The summed E-state index contributed by atoms with van der Waals surface area (Å²) in [5.74, 6) is 0.128. The van der Waals surface area contributed by atoms with Gasteiger partial charge in [-0.2, -0.15) is 0 Å². The molecule has 1 heterocycles. The van der Waals surface area contributed by atoms with E-state index in [2.05, 4.69) is 12.1 Å². The Morgan fingerprint density at radius 1 is 1.40 bits per heavy atom. The second-order valence-corrected chi connectivity index (χ2v) is 5.45. The largest absolute Gasteiger partial charge is 0.373 e. The van der Waals surface area contributed by atoms with E-state index in [0.29, 0.717) is 26.1 Å². The highest BCUT2D eigenvalue weighted by Crippen LogP contribution is 2.32. The minimum atomic E-state index is -0.690. The Balaban J connectivity index is 2.13. The molecule has 0 radical (unpaired) electrons. The van der Waals surface area contributed by atoms with Gasteiger partial charge >= 0.3 is 0 Å². The molecule has 0 saturated heterocycles. The van der Waals surface area contributed by atoms with E-state index in [0.717, 1.165) is 12.0 Å². The van der Waals surface area contributed by atoms with E-state index in [4.69, 9.17) is 9.47 Å². The number of carbonyl (C=O) groups is 1. The standard InChI is InChI=1S/C17H24O3/c1-4-17(3,20-5-2)16(18)12-15-14-9-7-6-8-13(14)10-11-19-15/h6-9,15H,4-5,10-12H2,1-3H3. The molecule has 1 aromatic rings. The Labute approximate surface area is 121 Å². The number of Topliss-reactive ketones (excluding diaryl/α,β-unsaturated/α-hetero) is 1. The van der Waals surface area contributed by atoms with E-state index in [1.165, 1.54) is 5.56 Å². The minimum absolute atomic E-state index is 0.126. The van der Waals surface area contributed by atoms with Crippen LogP contribution in [-0.2, 0) is 20.7 Å². The van der Waals surface area contributed by atoms with Gasteiger partial charge in [0, 0.05) is 13.0 Å². The van der Waals surface area contributed by atoms with Crippen LogP contribution in [0.3, 0.4) is 0 Å². The van der Waals surface area contributed by atoms with Crippen molar-refractivity contribution in [1.82, 2.24) is 0 Å². The molecular formula is C17H24O3. The molecule has 1 aliphatic heterocycles. The number of hydrogen-bond donors (Lipinski definition) is 0. The molecule has 110 valence electrons. The predicted octanol–water partition coefficient (Wildman–Crippen LogP) is 3.46. The fraction of sp³-hybridized carbons (Fsp3) is 0.588. The molecule has 1 aliphatic rings. The molecule has 3 heteroatoms. The molecular weight excluding hydrogens is 252 g/mol. The second-order valence-electron chi connectivity index (χ2n) is 5.45. The molecule has 0 spiro atoms. The number of hydrogen-bond acceptors (Lipinski definition) is 3. The number of fused-ring (bicyclic) bond motifs is 1. The quantitative estimate of drug-likeness (QED) is 0.798. The summed E-state index contributed by atoms with van der Waals surface area (Å²) < 4.78 is 11.5. The smallest absolute Gasteiger partial charge is 0.167 e. The fourth-order valence-corrected chi connectivity index (χ4v) is 2.73. The van der Waals surface area contributed by atoms with Crippen molar-refractivity contribution >= 4 is 5.78 Å². The molecule has 1 aromatic carbocycles. The van der Waals surface area contributed by atoms with Gasteiger partial charge in [-0.05, 0) is 37.8 Å². The normalized spacial score (nSPS) is 21.1. The van der Waals surface area contributed by atoms with Gasteiger partial charge in [0.1, 0.15) is 5.60 Å². The fourth-order valence-electron chi connectivity index (χ4n) is 2.73. The van der Waals surface area contributed by atoms with Crippen LogP contribution in [0.15, 0.2) is 24.3 Å². The maximum Gasteiger partial charge on any atom is 0.167 e. The van der Waals surface area contributed by atoms with Crippen molar-refractivity contribution in [2.75, 3.05) is 13.2 Å². The van der Waals surface area contributed by atoms with E-state index in [1.807, 2.05) is 32.9 Å². The lowest BCUT2D eigenvalue weighted by molar-refractivity contribution is -0.145. The van der Waals surface area contributed by atoms with Crippen LogP contribution in [0, 0.1) is 0 Å². The maximum atomic E-state index is 12.6. The Hall–Kier alpha value is -1.19. The molecule has 0 aliphatic carbocycles. The lowest BCUT2D eigenvalue weighted by atomic mass is 9.88. The first-order chi connectivity index (χ1) is 9.60. The van der Waals surface area contributed by atoms with E-state index in [-0.39, 0.29) is 11.9 Å². The number of carbonyl (C=O) groups excluding carboxylic acids is 1. The molecule has 2 unspecified atom stereocenters. The molecule has 3 nitrogen and oxygen atoms in total. The minimum Gasteiger partial charge on any atom is -0.373 e. The maximum absolute atomic E-state index is 12.6. The zero-order valence-electron chi connectivity index (χ0n) is 12.6. The average Bonchev–Trinajstić information content (AvgIpc) is 2.47. The lowest BCUT2D eigenvalue weighted by Crippen LogP contribution is -2.39. The molecule has 2 atom stereocenters.